The van der Waals surface area contributed by atoms with E-state index in [-0.39, 0.29) is 29.5 Å². The largest absolute Gasteiger partial charge is 0.378 e. The first-order chi connectivity index (χ1) is 12.6. The van der Waals surface area contributed by atoms with Gasteiger partial charge in [0.15, 0.2) is 5.96 Å². The average Bonchev–Trinajstić information content (AvgIpc) is 3.09. The number of hydrogen-bond donors (Lipinski definition) is 2. The van der Waals surface area contributed by atoms with Gasteiger partial charge in [-0.2, -0.15) is 0 Å². The van der Waals surface area contributed by atoms with E-state index < -0.39 is 0 Å². The second-order valence-electron chi connectivity index (χ2n) is 8.82. The monoisotopic (exact) mass is 381 g/mol. The highest BCUT2D eigenvalue weighted by molar-refractivity contribution is 5.85. The predicted molar refractivity (Wildman–Crippen MR) is 110 cm³/mol. The fourth-order valence-electron chi connectivity index (χ4n) is 4.09. The molecule has 27 heavy (non-hydrogen) atoms. The summed E-state index contributed by atoms with van der Waals surface area (Å²) < 4.78 is 5.73. The molecule has 1 heterocycles. The van der Waals surface area contributed by atoms with Crippen LogP contribution in [-0.2, 0) is 9.53 Å². The highest BCUT2D eigenvalue weighted by atomic mass is 16.5. The number of ether oxygens (including phenoxy) is 1. The lowest BCUT2D eigenvalue weighted by atomic mass is 9.56. The van der Waals surface area contributed by atoms with Gasteiger partial charge >= 0.3 is 0 Å². The Kier molecular flexibility index (Phi) is 7.14. The molecule has 7 nitrogen and oxygen atoms in total. The van der Waals surface area contributed by atoms with Gasteiger partial charge in [0.05, 0.1) is 5.60 Å². The maximum atomic E-state index is 12.0. The molecular weight excluding hydrogens is 342 g/mol. The summed E-state index contributed by atoms with van der Waals surface area (Å²) in [6, 6.07) is 0.791. The van der Waals surface area contributed by atoms with Gasteiger partial charge in [-0.15, -0.1) is 0 Å². The van der Waals surface area contributed by atoms with Crippen LogP contribution in [0.4, 0.5) is 0 Å². The number of nitrogens with one attached hydrogen (secondary N) is 2. The number of aliphatic imine (C=N–C) groups is 1. The zero-order chi connectivity index (χ0) is 20.2. The Balaban J connectivity index is 2.02. The first-order valence-corrected chi connectivity index (χ1v) is 10.2. The number of hydrogen-bond acceptors (Lipinski definition) is 4. The Hall–Kier alpha value is -1.34. The lowest BCUT2D eigenvalue weighted by Crippen LogP contribution is -2.69. The molecule has 0 aromatic carbocycles. The third kappa shape index (κ3) is 4.74. The third-order valence-corrected chi connectivity index (χ3v) is 6.87. The Morgan fingerprint density at radius 2 is 2.04 bits per heavy atom. The van der Waals surface area contributed by atoms with E-state index in [1.54, 1.807) is 26.1 Å². The molecular formula is C20H39N5O2. The van der Waals surface area contributed by atoms with Crippen LogP contribution in [-0.4, -0.2) is 86.7 Å². The van der Waals surface area contributed by atoms with Crippen LogP contribution in [0.3, 0.4) is 0 Å². The maximum Gasteiger partial charge on any atom is 0.243 e. The number of likely N-dealkylation sites (N-methyl/N-ethyl adjacent to an activating group) is 2. The SMILES string of the molecule is CCN1CCCC1CNC(=NCC(=O)N(C)C)NC1CC(C)(OC)C1(C)C. The van der Waals surface area contributed by atoms with Gasteiger partial charge in [0, 0.05) is 45.2 Å². The fourth-order valence-corrected chi connectivity index (χ4v) is 4.09. The van der Waals surface area contributed by atoms with Crippen molar-refractivity contribution in [2.45, 2.75) is 64.6 Å². The molecule has 0 bridgehead atoms. The number of carbonyl (C=O) groups is 1. The minimum atomic E-state index is -0.139. The molecule has 2 fully saturated rings. The summed E-state index contributed by atoms with van der Waals surface area (Å²) >= 11 is 0. The Morgan fingerprint density at radius 1 is 1.33 bits per heavy atom. The molecule has 1 aliphatic heterocycles. The fraction of sp³-hybridized carbons (Fsp3) is 0.900. The third-order valence-electron chi connectivity index (χ3n) is 6.87. The molecule has 156 valence electrons. The van der Waals surface area contributed by atoms with Crippen molar-refractivity contribution in [3.63, 3.8) is 0 Å². The first kappa shape index (κ1) is 22.0. The molecule has 7 heteroatoms. The molecule has 1 amide bonds. The van der Waals surface area contributed by atoms with Crippen molar-refractivity contribution in [2.75, 3.05) is 47.4 Å². The molecule has 1 saturated carbocycles. The molecule has 3 unspecified atom stereocenters. The van der Waals surface area contributed by atoms with E-state index in [1.165, 1.54) is 19.4 Å². The van der Waals surface area contributed by atoms with Crippen LogP contribution in [0.5, 0.6) is 0 Å². The number of guanidine groups is 1. The van der Waals surface area contributed by atoms with E-state index in [2.05, 4.69) is 48.2 Å². The number of carbonyl (C=O) groups excluding carboxylic acids is 1. The Labute approximate surface area is 164 Å². The number of nitrogens with zero attached hydrogens (tertiary/aromatic N) is 3. The van der Waals surface area contributed by atoms with Crippen molar-refractivity contribution < 1.29 is 9.53 Å². The highest BCUT2D eigenvalue weighted by Crippen LogP contribution is 2.51. The van der Waals surface area contributed by atoms with E-state index in [0.717, 1.165) is 25.5 Å². The van der Waals surface area contributed by atoms with E-state index in [0.29, 0.717) is 6.04 Å². The predicted octanol–water partition coefficient (Wildman–Crippen LogP) is 1.30. The molecule has 1 saturated heterocycles. The van der Waals surface area contributed by atoms with Gasteiger partial charge in [-0.25, -0.2) is 4.99 Å². The van der Waals surface area contributed by atoms with Gasteiger partial charge in [-0.1, -0.05) is 20.8 Å². The molecule has 0 aromatic rings. The lowest BCUT2D eigenvalue weighted by Gasteiger charge is -2.59. The summed E-state index contributed by atoms with van der Waals surface area (Å²) in [6.45, 7) is 12.1. The molecule has 2 rings (SSSR count). The van der Waals surface area contributed by atoms with Crippen LogP contribution in [0.2, 0.25) is 0 Å². The molecule has 2 aliphatic rings. The van der Waals surface area contributed by atoms with Crippen molar-refractivity contribution >= 4 is 11.9 Å². The molecule has 1 aliphatic carbocycles. The van der Waals surface area contributed by atoms with Crippen molar-refractivity contribution in [1.82, 2.24) is 20.4 Å². The Morgan fingerprint density at radius 3 is 2.59 bits per heavy atom. The molecule has 0 spiro atoms. The van der Waals surface area contributed by atoms with Gasteiger partial charge in [-0.3, -0.25) is 9.69 Å². The molecule has 0 aromatic heterocycles. The zero-order valence-electron chi connectivity index (χ0n) is 18.3. The second kappa shape index (κ2) is 8.78. The van der Waals surface area contributed by atoms with E-state index >= 15 is 0 Å². The summed E-state index contributed by atoms with van der Waals surface area (Å²) in [5, 5.41) is 7.04. The summed E-state index contributed by atoms with van der Waals surface area (Å²) in [4.78, 5) is 20.6. The maximum absolute atomic E-state index is 12.0. The van der Waals surface area contributed by atoms with Crippen LogP contribution >= 0.6 is 0 Å². The number of methoxy groups -OCH3 is 1. The van der Waals surface area contributed by atoms with Crippen molar-refractivity contribution in [3.05, 3.63) is 0 Å². The summed E-state index contributed by atoms with van der Waals surface area (Å²) in [5.74, 6) is 0.728. The number of likely N-dealkylation sites (tertiary alicyclic amines) is 1. The van der Waals surface area contributed by atoms with Gasteiger partial charge < -0.3 is 20.3 Å². The van der Waals surface area contributed by atoms with Crippen LogP contribution in [0.25, 0.3) is 0 Å². The number of amides is 1. The van der Waals surface area contributed by atoms with E-state index in [9.17, 15) is 4.79 Å². The van der Waals surface area contributed by atoms with Gasteiger partial charge in [0.1, 0.15) is 6.54 Å². The molecule has 0 radical (unpaired) electrons. The number of rotatable bonds is 7. The normalized spacial score (nSPS) is 30.7. The standard InChI is InChI=1S/C20H39N5O2/c1-8-25-11-9-10-15(25)13-21-18(22-14-17(26)24(5)6)23-16-12-20(4,27-7)19(16,2)3/h15-16H,8-14H2,1-7H3,(H2,21,22,23). The first-order valence-electron chi connectivity index (χ1n) is 10.2. The smallest absolute Gasteiger partial charge is 0.243 e. The van der Waals surface area contributed by atoms with E-state index in [1.807, 2.05) is 0 Å². The van der Waals surface area contributed by atoms with Crippen molar-refractivity contribution in [3.8, 4) is 0 Å². The quantitative estimate of drug-likeness (QED) is 0.514. The van der Waals surface area contributed by atoms with Crippen LogP contribution in [0.1, 0.15) is 47.0 Å². The topological polar surface area (TPSA) is 69.2 Å². The van der Waals surface area contributed by atoms with Crippen LogP contribution < -0.4 is 10.6 Å². The summed E-state index contributed by atoms with van der Waals surface area (Å²) in [6.07, 6.45) is 3.38. The van der Waals surface area contributed by atoms with Crippen molar-refractivity contribution in [1.29, 1.82) is 0 Å². The van der Waals surface area contributed by atoms with Crippen molar-refractivity contribution in [2.24, 2.45) is 10.4 Å². The Bertz CT molecular complexity index is 548. The average molecular weight is 382 g/mol. The van der Waals surface area contributed by atoms with Gasteiger partial charge in [-0.05, 0) is 39.3 Å². The van der Waals surface area contributed by atoms with Crippen LogP contribution in [0, 0.1) is 5.41 Å². The van der Waals surface area contributed by atoms with Crippen LogP contribution in [0.15, 0.2) is 4.99 Å². The van der Waals surface area contributed by atoms with Gasteiger partial charge in [0.25, 0.3) is 0 Å². The summed E-state index contributed by atoms with van der Waals surface area (Å²) in [5.41, 5.74) is -0.155. The minimum absolute atomic E-state index is 0.00162. The lowest BCUT2D eigenvalue weighted by molar-refractivity contribution is -0.176. The highest BCUT2D eigenvalue weighted by Gasteiger charge is 2.58. The van der Waals surface area contributed by atoms with E-state index in [4.69, 9.17) is 4.74 Å². The zero-order valence-corrected chi connectivity index (χ0v) is 18.3. The second-order valence-corrected chi connectivity index (χ2v) is 8.82. The summed E-state index contributed by atoms with van der Waals surface area (Å²) in [7, 11) is 5.30. The molecule has 2 N–H and O–H groups in total. The molecule has 3 atom stereocenters. The van der Waals surface area contributed by atoms with Gasteiger partial charge in [0.2, 0.25) is 5.91 Å². The minimum Gasteiger partial charge on any atom is -0.378 e.